The molecule has 0 saturated heterocycles. The van der Waals surface area contributed by atoms with Gasteiger partial charge in [0.05, 0.1) is 6.10 Å². The highest BCUT2D eigenvalue weighted by Crippen LogP contribution is 2.66. The Kier molecular flexibility index (Phi) is 3.32. The largest absolute Gasteiger partial charge is 0.393 e. The van der Waals surface area contributed by atoms with E-state index in [4.69, 9.17) is 0 Å². The Hall–Kier alpha value is -0.370. The van der Waals surface area contributed by atoms with Gasteiger partial charge in [-0.2, -0.15) is 0 Å². The van der Waals surface area contributed by atoms with Crippen LogP contribution in [0.2, 0.25) is 0 Å². The first-order valence-corrected chi connectivity index (χ1v) is 9.58. The molecule has 0 spiro atoms. The van der Waals surface area contributed by atoms with Crippen LogP contribution in [0.1, 0.15) is 72.1 Å². The number of fused-ring (bicyclic) bond motifs is 5. The van der Waals surface area contributed by atoms with Gasteiger partial charge < -0.3 is 5.11 Å². The highest BCUT2D eigenvalue weighted by atomic mass is 16.3. The molecule has 2 nitrogen and oxygen atoms in total. The number of hydrogen-bond donors (Lipinski definition) is 1. The van der Waals surface area contributed by atoms with E-state index >= 15 is 0 Å². The monoisotopic (exact) mass is 304 g/mol. The van der Waals surface area contributed by atoms with Crippen LogP contribution < -0.4 is 0 Å². The van der Waals surface area contributed by atoms with Crippen LogP contribution in [0.4, 0.5) is 0 Å². The lowest BCUT2D eigenvalue weighted by molar-refractivity contribution is -0.152. The van der Waals surface area contributed by atoms with E-state index in [1.54, 1.807) is 0 Å². The van der Waals surface area contributed by atoms with Crippen molar-refractivity contribution in [2.45, 2.75) is 78.2 Å². The first-order chi connectivity index (χ1) is 10.4. The van der Waals surface area contributed by atoms with Crippen LogP contribution >= 0.6 is 0 Å². The summed E-state index contributed by atoms with van der Waals surface area (Å²) in [7, 11) is 0. The fourth-order valence-corrected chi connectivity index (χ4v) is 7.49. The summed E-state index contributed by atoms with van der Waals surface area (Å²) in [5, 5.41) is 10.5. The average Bonchev–Trinajstić information content (AvgIpc) is 2.79. The molecule has 0 radical (unpaired) electrons. The molecule has 4 aliphatic carbocycles. The van der Waals surface area contributed by atoms with Gasteiger partial charge in [0.25, 0.3) is 0 Å². The predicted octanol–water partition coefficient (Wildman–Crippen LogP) is 4.21. The van der Waals surface area contributed by atoms with E-state index in [1.165, 1.54) is 32.1 Å². The van der Waals surface area contributed by atoms with Gasteiger partial charge >= 0.3 is 0 Å². The number of Topliss-reactive ketones (excluding diaryl/α,β-unsaturated/α-hetero) is 1. The lowest BCUT2D eigenvalue weighted by Crippen LogP contribution is -2.55. The van der Waals surface area contributed by atoms with Crippen LogP contribution in [0.5, 0.6) is 0 Å². The van der Waals surface area contributed by atoms with Gasteiger partial charge in [-0.25, -0.2) is 0 Å². The minimum Gasteiger partial charge on any atom is -0.393 e. The second kappa shape index (κ2) is 4.82. The van der Waals surface area contributed by atoms with Crippen LogP contribution in [0.3, 0.4) is 0 Å². The summed E-state index contributed by atoms with van der Waals surface area (Å²) in [6, 6.07) is 0. The van der Waals surface area contributed by atoms with Crippen molar-refractivity contribution in [2.75, 3.05) is 0 Å². The molecule has 4 saturated carbocycles. The topological polar surface area (TPSA) is 37.3 Å². The number of aliphatic hydroxyl groups is 1. The van der Waals surface area contributed by atoms with Crippen LogP contribution in [-0.2, 0) is 4.79 Å². The minimum absolute atomic E-state index is 0.0733. The van der Waals surface area contributed by atoms with Gasteiger partial charge in [0.2, 0.25) is 0 Å². The average molecular weight is 304 g/mol. The molecule has 0 heterocycles. The van der Waals surface area contributed by atoms with Crippen molar-refractivity contribution in [2.24, 2.45) is 40.4 Å². The maximum Gasteiger partial charge on any atom is 0.136 e. The molecule has 0 aromatic carbocycles. The van der Waals surface area contributed by atoms with Crippen molar-refractivity contribution in [3.05, 3.63) is 0 Å². The Bertz CT molecular complexity index is 486. The van der Waals surface area contributed by atoms with E-state index in [0.29, 0.717) is 17.1 Å². The Balaban J connectivity index is 1.65. The van der Waals surface area contributed by atoms with E-state index < -0.39 is 0 Å². The third-order valence-electron chi connectivity index (χ3n) is 8.91. The quantitative estimate of drug-likeness (QED) is 0.728. The highest BCUT2D eigenvalue weighted by molar-refractivity contribution is 5.82. The molecular weight excluding hydrogens is 272 g/mol. The number of ketones is 1. The van der Waals surface area contributed by atoms with Gasteiger partial charge in [0, 0.05) is 12.3 Å². The summed E-state index contributed by atoms with van der Waals surface area (Å²) < 4.78 is 0. The van der Waals surface area contributed by atoms with Crippen LogP contribution in [0, 0.1) is 40.4 Å². The lowest BCUT2D eigenvalue weighted by atomic mass is 9.44. The predicted molar refractivity (Wildman–Crippen MR) is 87.3 cm³/mol. The van der Waals surface area contributed by atoms with Crippen molar-refractivity contribution >= 4 is 5.78 Å². The molecule has 0 aromatic heterocycles. The Morgan fingerprint density at radius 1 is 0.909 bits per heavy atom. The normalized spacial score (nSPS) is 57.9. The third kappa shape index (κ3) is 1.79. The molecule has 4 aliphatic rings. The zero-order valence-electron chi connectivity index (χ0n) is 14.5. The summed E-state index contributed by atoms with van der Waals surface area (Å²) in [4.78, 5) is 12.2. The molecule has 2 heteroatoms. The second-order valence-electron chi connectivity index (χ2n) is 9.46. The summed E-state index contributed by atoms with van der Waals surface area (Å²) >= 11 is 0. The number of carbonyl (C=O) groups excluding carboxylic acids is 1. The number of rotatable bonds is 0. The summed E-state index contributed by atoms with van der Waals surface area (Å²) in [6.07, 6.45) is 9.12. The van der Waals surface area contributed by atoms with Gasteiger partial charge in [0.15, 0.2) is 0 Å². The fraction of sp³-hybridized carbons (Fsp3) is 0.950. The highest BCUT2D eigenvalue weighted by Gasteiger charge is 2.60. The molecular formula is C20H32O2. The standard InChI is InChI=1S/C20H32O2/c1-12-14-5-4-13-15-6-7-18(22)20(15,3)10-8-16(13)19(14,2)11-9-17(12)21/h12-16,18,22H,4-11H2,1-3H3/t12-,13+,14+,15+,16+,18+,19+,20+/m1/s1. The number of aliphatic hydroxyl groups excluding tert-OH is 1. The first kappa shape index (κ1) is 15.2. The Morgan fingerprint density at radius 2 is 1.59 bits per heavy atom. The SMILES string of the molecule is C[C@H]1C(=O)CC[C@]2(C)[C@H]3CC[C@]4(C)[C@@H](O)CC[C@H]4[C@@H]3CC[C@@H]12. The van der Waals surface area contributed by atoms with E-state index in [0.717, 1.165) is 37.0 Å². The molecule has 0 bridgehead atoms. The number of carbonyl (C=O) groups is 1. The molecule has 4 rings (SSSR count). The summed E-state index contributed by atoms with van der Waals surface area (Å²) in [5.41, 5.74) is 0.561. The van der Waals surface area contributed by atoms with Gasteiger partial charge in [-0.1, -0.05) is 20.8 Å². The van der Waals surface area contributed by atoms with E-state index in [1.807, 2.05) is 0 Å². The summed E-state index contributed by atoms with van der Waals surface area (Å²) in [6.45, 7) is 7.05. The van der Waals surface area contributed by atoms with Crippen molar-refractivity contribution in [1.82, 2.24) is 0 Å². The maximum atomic E-state index is 12.2. The van der Waals surface area contributed by atoms with Gasteiger partial charge in [-0.15, -0.1) is 0 Å². The van der Waals surface area contributed by atoms with Crippen molar-refractivity contribution < 1.29 is 9.90 Å². The molecule has 4 fully saturated rings. The zero-order valence-corrected chi connectivity index (χ0v) is 14.5. The third-order valence-corrected chi connectivity index (χ3v) is 8.91. The molecule has 8 atom stereocenters. The maximum absolute atomic E-state index is 12.2. The molecule has 22 heavy (non-hydrogen) atoms. The van der Waals surface area contributed by atoms with E-state index in [2.05, 4.69) is 20.8 Å². The smallest absolute Gasteiger partial charge is 0.136 e. The summed E-state index contributed by atoms with van der Waals surface area (Å²) in [5.74, 6) is 3.74. The number of hydrogen-bond acceptors (Lipinski definition) is 2. The molecule has 124 valence electrons. The first-order valence-electron chi connectivity index (χ1n) is 9.58. The van der Waals surface area contributed by atoms with Crippen molar-refractivity contribution in [3.63, 3.8) is 0 Å². The van der Waals surface area contributed by atoms with E-state index in [9.17, 15) is 9.90 Å². The van der Waals surface area contributed by atoms with Gasteiger partial charge in [-0.3, -0.25) is 4.79 Å². The zero-order chi connectivity index (χ0) is 15.7. The van der Waals surface area contributed by atoms with E-state index in [-0.39, 0.29) is 17.4 Å². The van der Waals surface area contributed by atoms with Gasteiger partial charge in [-0.05, 0) is 79.4 Å². The molecule has 0 aliphatic heterocycles. The van der Waals surface area contributed by atoms with Crippen LogP contribution in [0.25, 0.3) is 0 Å². The second-order valence-corrected chi connectivity index (χ2v) is 9.46. The van der Waals surface area contributed by atoms with Crippen LogP contribution in [0.15, 0.2) is 0 Å². The van der Waals surface area contributed by atoms with Crippen molar-refractivity contribution in [3.8, 4) is 0 Å². The molecule has 1 N–H and O–H groups in total. The Labute approximate surface area is 135 Å². The Morgan fingerprint density at radius 3 is 2.36 bits per heavy atom. The fourth-order valence-electron chi connectivity index (χ4n) is 7.49. The van der Waals surface area contributed by atoms with Crippen LogP contribution in [-0.4, -0.2) is 17.0 Å². The molecule has 0 unspecified atom stereocenters. The molecule has 0 aromatic rings. The molecule has 0 amide bonds. The minimum atomic E-state index is -0.0733. The lowest BCUT2D eigenvalue weighted by Gasteiger charge is -2.61. The van der Waals surface area contributed by atoms with Crippen molar-refractivity contribution in [1.29, 1.82) is 0 Å². The van der Waals surface area contributed by atoms with Gasteiger partial charge in [0.1, 0.15) is 5.78 Å².